The normalized spacial score (nSPS) is 19.6. The molecule has 3 rings (SSSR count). The fourth-order valence-electron chi connectivity index (χ4n) is 2.73. The molecule has 1 aliphatic heterocycles. The van der Waals surface area contributed by atoms with Gasteiger partial charge in [0.15, 0.2) is 5.72 Å². The van der Waals surface area contributed by atoms with E-state index in [4.69, 9.17) is 0 Å². The molecule has 0 bridgehead atoms. The van der Waals surface area contributed by atoms with E-state index < -0.39 is 16.6 Å². The molecule has 25 heavy (non-hydrogen) atoms. The van der Waals surface area contributed by atoms with Crippen molar-refractivity contribution < 1.29 is 14.8 Å². The molecule has 8 nitrogen and oxygen atoms in total. The number of non-ortho nitro benzene ring substituents is 1. The first-order chi connectivity index (χ1) is 12.0. The molecule has 1 N–H and O–H groups in total. The molecule has 0 saturated heterocycles. The van der Waals surface area contributed by atoms with E-state index in [1.165, 1.54) is 30.5 Å². The number of aliphatic hydroxyl groups is 1. The molecular formula is C17H16N4O4. The quantitative estimate of drug-likeness (QED) is 0.679. The molecule has 8 heteroatoms. The van der Waals surface area contributed by atoms with Gasteiger partial charge in [0.1, 0.15) is 0 Å². The van der Waals surface area contributed by atoms with Crippen LogP contribution in [0.2, 0.25) is 0 Å². The SMILES string of the molecule is CCC1=NN(C(=O)c2cccc([N+](=O)[O-])c2)C(O)(c2cccnc2)C1. The number of nitrogens with zero attached hydrogens (tertiary/aromatic N) is 4. The molecule has 2 heterocycles. The Kier molecular flexibility index (Phi) is 4.28. The summed E-state index contributed by atoms with van der Waals surface area (Å²) in [7, 11) is 0. The number of nitro benzene ring substituents is 1. The van der Waals surface area contributed by atoms with Crippen molar-refractivity contribution in [2.75, 3.05) is 0 Å². The van der Waals surface area contributed by atoms with Crippen molar-refractivity contribution in [3.05, 3.63) is 70.0 Å². The maximum absolute atomic E-state index is 12.9. The molecule has 1 aromatic heterocycles. The number of carbonyl (C=O) groups is 1. The van der Waals surface area contributed by atoms with Crippen LogP contribution >= 0.6 is 0 Å². The number of hydrogen-bond acceptors (Lipinski definition) is 6. The number of aromatic nitrogens is 1. The molecule has 1 unspecified atom stereocenters. The van der Waals surface area contributed by atoms with Gasteiger partial charge in [-0.15, -0.1) is 0 Å². The number of carbonyl (C=O) groups excluding carboxylic acids is 1. The molecule has 0 fully saturated rings. The van der Waals surface area contributed by atoms with Crippen molar-refractivity contribution in [3.63, 3.8) is 0 Å². The van der Waals surface area contributed by atoms with Gasteiger partial charge >= 0.3 is 0 Å². The summed E-state index contributed by atoms with van der Waals surface area (Å²) in [6.45, 7) is 1.88. The zero-order valence-corrected chi connectivity index (χ0v) is 13.5. The Morgan fingerprint density at radius 2 is 2.20 bits per heavy atom. The fourth-order valence-corrected chi connectivity index (χ4v) is 2.73. The first kappa shape index (κ1) is 16.7. The summed E-state index contributed by atoms with van der Waals surface area (Å²) >= 11 is 0. The van der Waals surface area contributed by atoms with Gasteiger partial charge < -0.3 is 5.11 Å². The van der Waals surface area contributed by atoms with Gasteiger partial charge in [0, 0.05) is 47.8 Å². The van der Waals surface area contributed by atoms with Crippen molar-refractivity contribution in [3.8, 4) is 0 Å². The zero-order valence-electron chi connectivity index (χ0n) is 13.5. The van der Waals surface area contributed by atoms with E-state index in [2.05, 4.69) is 10.1 Å². The molecule has 0 aliphatic carbocycles. The second-order valence-electron chi connectivity index (χ2n) is 5.68. The highest BCUT2D eigenvalue weighted by Gasteiger charge is 2.46. The summed E-state index contributed by atoms with van der Waals surface area (Å²) in [5, 5.41) is 27.3. The molecule has 1 aromatic carbocycles. The number of pyridine rings is 1. The molecule has 128 valence electrons. The molecule has 2 aromatic rings. The van der Waals surface area contributed by atoms with Gasteiger partial charge in [0.05, 0.1) is 4.92 Å². The Balaban J connectivity index is 2.03. The van der Waals surface area contributed by atoms with Crippen molar-refractivity contribution >= 4 is 17.3 Å². The van der Waals surface area contributed by atoms with E-state index in [-0.39, 0.29) is 17.7 Å². The van der Waals surface area contributed by atoms with Crippen LogP contribution in [-0.4, -0.2) is 31.6 Å². The predicted molar refractivity (Wildman–Crippen MR) is 89.7 cm³/mol. The first-order valence-corrected chi connectivity index (χ1v) is 7.74. The number of nitro groups is 1. The number of benzene rings is 1. The summed E-state index contributed by atoms with van der Waals surface area (Å²) in [6, 6.07) is 8.68. The molecule has 0 radical (unpaired) electrons. The number of hydrazone groups is 1. The minimum atomic E-state index is -1.67. The lowest BCUT2D eigenvalue weighted by molar-refractivity contribution is -0.384. The molecule has 1 amide bonds. The van der Waals surface area contributed by atoms with Gasteiger partial charge in [-0.05, 0) is 18.6 Å². The average molecular weight is 340 g/mol. The van der Waals surface area contributed by atoms with Gasteiger partial charge in [-0.1, -0.05) is 19.1 Å². The lowest BCUT2D eigenvalue weighted by Crippen LogP contribution is -2.43. The van der Waals surface area contributed by atoms with Crippen LogP contribution in [0.4, 0.5) is 5.69 Å². The van der Waals surface area contributed by atoms with Gasteiger partial charge in [-0.3, -0.25) is 19.9 Å². The summed E-state index contributed by atoms with van der Waals surface area (Å²) < 4.78 is 0. The van der Waals surface area contributed by atoms with Gasteiger partial charge in [0.2, 0.25) is 0 Å². The average Bonchev–Trinajstić information content (AvgIpc) is 3.00. The van der Waals surface area contributed by atoms with E-state index in [0.29, 0.717) is 17.7 Å². The van der Waals surface area contributed by atoms with E-state index in [0.717, 1.165) is 5.01 Å². The van der Waals surface area contributed by atoms with Crippen LogP contribution in [0.1, 0.15) is 35.7 Å². The topological polar surface area (TPSA) is 109 Å². The van der Waals surface area contributed by atoms with Crippen LogP contribution in [0.15, 0.2) is 53.9 Å². The van der Waals surface area contributed by atoms with Crippen LogP contribution in [0.3, 0.4) is 0 Å². The minimum absolute atomic E-state index is 0.0811. The third-order valence-electron chi connectivity index (χ3n) is 4.07. The Bertz CT molecular complexity index is 853. The van der Waals surface area contributed by atoms with Crippen LogP contribution in [0.25, 0.3) is 0 Å². The number of amides is 1. The van der Waals surface area contributed by atoms with Crippen molar-refractivity contribution in [2.45, 2.75) is 25.5 Å². The standard InChI is InChI=1S/C17H16N4O4/c1-2-14-10-17(23,13-6-4-8-18-11-13)20(19-14)16(22)12-5-3-7-15(9-12)21(24)25/h3-9,11,23H,2,10H2,1H3. The van der Waals surface area contributed by atoms with Crippen molar-refractivity contribution in [1.82, 2.24) is 9.99 Å². The van der Waals surface area contributed by atoms with E-state index >= 15 is 0 Å². The Morgan fingerprint density at radius 1 is 1.40 bits per heavy atom. The minimum Gasteiger partial charge on any atom is -0.365 e. The van der Waals surface area contributed by atoms with Crippen LogP contribution in [0, 0.1) is 10.1 Å². The second kappa shape index (κ2) is 6.40. The summed E-state index contributed by atoms with van der Waals surface area (Å²) in [5.41, 5.74) is -0.695. The monoisotopic (exact) mass is 340 g/mol. The molecule has 0 spiro atoms. The molecule has 1 atom stereocenters. The first-order valence-electron chi connectivity index (χ1n) is 7.74. The third kappa shape index (κ3) is 2.99. The second-order valence-corrected chi connectivity index (χ2v) is 5.68. The Labute approximate surface area is 143 Å². The van der Waals surface area contributed by atoms with Crippen LogP contribution in [-0.2, 0) is 5.72 Å². The van der Waals surface area contributed by atoms with Crippen molar-refractivity contribution in [1.29, 1.82) is 0 Å². The summed E-state index contributed by atoms with van der Waals surface area (Å²) in [5.74, 6) is -0.612. The summed E-state index contributed by atoms with van der Waals surface area (Å²) in [6.07, 6.45) is 3.77. The highest BCUT2D eigenvalue weighted by atomic mass is 16.6. The number of hydrogen-bond donors (Lipinski definition) is 1. The van der Waals surface area contributed by atoms with Gasteiger partial charge in [-0.2, -0.15) is 10.1 Å². The summed E-state index contributed by atoms with van der Waals surface area (Å²) in [4.78, 5) is 27.2. The molecular weight excluding hydrogens is 324 g/mol. The lowest BCUT2D eigenvalue weighted by atomic mass is 9.97. The van der Waals surface area contributed by atoms with E-state index in [1.807, 2.05) is 6.92 Å². The maximum atomic E-state index is 12.9. The largest absolute Gasteiger partial charge is 0.365 e. The molecule has 0 saturated carbocycles. The van der Waals surface area contributed by atoms with Crippen molar-refractivity contribution in [2.24, 2.45) is 5.10 Å². The van der Waals surface area contributed by atoms with Gasteiger partial charge in [-0.25, -0.2) is 0 Å². The smallest absolute Gasteiger partial charge is 0.277 e. The fraction of sp³-hybridized carbons (Fsp3) is 0.235. The maximum Gasteiger partial charge on any atom is 0.277 e. The highest BCUT2D eigenvalue weighted by molar-refractivity contribution is 5.98. The zero-order chi connectivity index (χ0) is 18.0. The van der Waals surface area contributed by atoms with Crippen LogP contribution in [0.5, 0.6) is 0 Å². The third-order valence-corrected chi connectivity index (χ3v) is 4.07. The molecule has 1 aliphatic rings. The Hall–Kier alpha value is -3.13. The Morgan fingerprint density at radius 3 is 2.84 bits per heavy atom. The van der Waals surface area contributed by atoms with E-state index in [1.54, 1.807) is 18.3 Å². The van der Waals surface area contributed by atoms with Gasteiger partial charge in [0.25, 0.3) is 11.6 Å². The van der Waals surface area contributed by atoms with Crippen LogP contribution < -0.4 is 0 Å². The lowest BCUT2D eigenvalue weighted by Gasteiger charge is -2.31. The number of rotatable bonds is 4. The predicted octanol–water partition coefficient (Wildman–Crippen LogP) is 2.45. The van der Waals surface area contributed by atoms with E-state index in [9.17, 15) is 20.0 Å². The highest BCUT2D eigenvalue weighted by Crippen LogP contribution is 2.36.